The number of carbonyl (C=O) groups excluding carboxylic acids is 1. The lowest BCUT2D eigenvalue weighted by molar-refractivity contribution is -0.124. The van der Waals surface area contributed by atoms with Crippen LogP contribution in [0.4, 0.5) is 0 Å². The van der Waals surface area contributed by atoms with E-state index in [9.17, 15) is 4.79 Å². The van der Waals surface area contributed by atoms with Crippen molar-refractivity contribution in [2.45, 2.75) is 57.0 Å². The van der Waals surface area contributed by atoms with Gasteiger partial charge in [0.2, 0.25) is 5.91 Å². The molecule has 0 aromatic heterocycles. The number of aryl methyl sites for hydroxylation is 1. The third kappa shape index (κ3) is 3.90. The van der Waals surface area contributed by atoms with Crippen molar-refractivity contribution >= 4 is 5.91 Å². The largest absolute Gasteiger partial charge is 0.381 e. The number of fused-ring (bicyclic) bond motifs is 1. The van der Waals surface area contributed by atoms with Crippen molar-refractivity contribution in [1.29, 1.82) is 0 Å². The summed E-state index contributed by atoms with van der Waals surface area (Å²) in [6.07, 6.45) is 7.55. The normalized spacial score (nSPS) is 27.8. The van der Waals surface area contributed by atoms with Crippen LogP contribution in [0.25, 0.3) is 0 Å². The Kier molecular flexibility index (Phi) is 5.37. The molecule has 1 amide bonds. The van der Waals surface area contributed by atoms with Crippen LogP contribution < -0.4 is 5.32 Å². The van der Waals surface area contributed by atoms with Gasteiger partial charge in [0.05, 0.1) is 6.04 Å². The van der Waals surface area contributed by atoms with Gasteiger partial charge in [0.25, 0.3) is 0 Å². The SMILES string of the molecule is O=C(CC1CCOCC1)NC1c2ccccc2CCC1N1CCCC1. The molecule has 136 valence electrons. The van der Waals surface area contributed by atoms with Gasteiger partial charge in [0.15, 0.2) is 0 Å². The fourth-order valence-electron chi connectivity index (χ4n) is 4.83. The zero-order chi connectivity index (χ0) is 17.1. The van der Waals surface area contributed by atoms with Gasteiger partial charge in [-0.15, -0.1) is 0 Å². The summed E-state index contributed by atoms with van der Waals surface area (Å²) >= 11 is 0. The van der Waals surface area contributed by atoms with Crippen LogP contribution in [0.1, 0.15) is 55.7 Å². The molecule has 0 bridgehead atoms. The Morgan fingerprint density at radius 2 is 1.88 bits per heavy atom. The highest BCUT2D eigenvalue weighted by Gasteiger charge is 2.35. The van der Waals surface area contributed by atoms with Gasteiger partial charge in [-0.25, -0.2) is 0 Å². The number of hydrogen-bond donors (Lipinski definition) is 1. The number of likely N-dealkylation sites (tertiary alicyclic amines) is 1. The fraction of sp³-hybridized carbons (Fsp3) is 0.667. The van der Waals surface area contributed by atoms with E-state index < -0.39 is 0 Å². The van der Waals surface area contributed by atoms with Crippen molar-refractivity contribution in [1.82, 2.24) is 10.2 Å². The Hall–Kier alpha value is -1.39. The molecule has 2 heterocycles. The average Bonchev–Trinajstić information content (AvgIpc) is 3.17. The number of nitrogens with zero attached hydrogens (tertiary/aromatic N) is 1. The molecule has 1 N–H and O–H groups in total. The van der Waals surface area contributed by atoms with E-state index in [1.807, 2.05) is 0 Å². The fourth-order valence-corrected chi connectivity index (χ4v) is 4.83. The van der Waals surface area contributed by atoms with E-state index in [1.54, 1.807) is 0 Å². The maximum atomic E-state index is 12.8. The number of nitrogens with one attached hydrogen (secondary N) is 1. The first-order valence-corrected chi connectivity index (χ1v) is 10.0. The van der Waals surface area contributed by atoms with Gasteiger partial charge in [-0.3, -0.25) is 9.69 Å². The van der Waals surface area contributed by atoms with Gasteiger partial charge in [-0.1, -0.05) is 24.3 Å². The van der Waals surface area contributed by atoms with Crippen molar-refractivity contribution in [3.63, 3.8) is 0 Å². The number of ether oxygens (including phenoxy) is 1. The third-order valence-corrected chi connectivity index (χ3v) is 6.23. The first-order valence-electron chi connectivity index (χ1n) is 10.0. The molecule has 2 saturated heterocycles. The standard InChI is InChI=1S/C21H30N2O2/c24-20(15-16-9-13-25-14-10-16)22-21-18-6-2-1-5-17(18)7-8-19(21)23-11-3-4-12-23/h1-2,5-6,16,19,21H,3-4,7-15H2,(H,22,24). The maximum absolute atomic E-state index is 12.8. The van der Waals surface area contributed by atoms with E-state index in [4.69, 9.17) is 4.74 Å². The summed E-state index contributed by atoms with van der Waals surface area (Å²) in [6, 6.07) is 9.29. The van der Waals surface area contributed by atoms with Crippen molar-refractivity contribution in [2.75, 3.05) is 26.3 Å². The maximum Gasteiger partial charge on any atom is 0.220 e. The van der Waals surface area contributed by atoms with Gasteiger partial charge in [-0.05, 0) is 68.7 Å². The average molecular weight is 342 g/mol. The highest BCUT2D eigenvalue weighted by molar-refractivity contribution is 5.77. The van der Waals surface area contributed by atoms with Crippen LogP contribution in [0.2, 0.25) is 0 Å². The lowest BCUT2D eigenvalue weighted by atomic mass is 9.83. The predicted octanol–water partition coefficient (Wildman–Crippen LogP) is 3.07. The second-order valence-corrected chi connectivity index (χ2v) is 7.85. The summed E-state index contributed by atoms with van der Waals surface area (Å²) in [5, 5.41) is 3.43. The lowest BCUT2D eigenvalue weighted by Crippen LogP contribution is -2.48. The molecule has 2 atom stereocenters. The van der Waals surface area contributed by atoms with Crippen molar-refractivity contribution < 1.29 is 9.53 Å². The van der Waals surface area contributed by atoms with Gasteiger partial charge in [-0.2, -0.15) is 0 Å². The molecule has 0 radical (unpaired) electrons. The smallest absolute Gasteiger partial charge is 0.220 e. The Labute approximate surface area is 150 Å². The van der Waals surface area contributed by atoms with Crippen molar-refractivity contribution in [3.8, 4) is 0 Å². The topological polar surface area (TPSA) is 41.6 Å². The number of carbonyl (C=O) groups is 1. The van der Waals surface area contributed by atoms with Crippen LogP contribution in [0.15, 0.2) is 24.3 Å². The molecule has 25 heavy (non-hydrogen) atoms. The Bertz CT molecular complexity index is 591. The third-order valence-electron chi connectivity index (χ3n) is 6.23. The first kappa shape index (κ1) is 17.0. The quantitative estimate of drug-likeness (QED) is 0.914. The molecule has 0 saturated carbocycles. The molecule has 0 spiro atoms. The molecular formula is C21H30N2O2. The van der Waals surface area contributed by atoms with Crippen molar-refractivity contribution in [3.05, 3.63) is 35.4 Å². The summed E-state index contributed by atoms with van der Waals surface area (Å²) in [4.78, 5) is 15.4. The second-order valence-electron chi connectivity index (χ2n) is 7.85. The molecule has 1 aliphatic carbocycles. The second kappa shape index (κ2) is 7.88. The summed E-state index contributed by atoms with van der Waals surface area (Å²) in [5.41, 5.74) is 2.75. The highest BCUT2D eigenvalue weighted by atomic mass is 16.5. The van der Waals surface area contributed by atoms with Gasteiger partial charge < -0.3 is 10.1 Å². The molecule has 4 nitrogen and oxygen atoms in total. The lowest BCUT2D eigenvalue weighted by Gasteiger charge is -2.39. The molecule has 2 unspecified atom stereocenters. The van der Waals surface area contributed by atoms with Gasteiger partial charge in [0, 0.05) is 25.7 Å². The molecule has 4 heteroatoms. The molecule has 1 aromatic rings. The number of rotatable bonds is 4. The minimum atomic E-state index is 0.149. The molecule has 4 rings (SSSR count). The van der Waals surface area contributed by atoms with Crippen LogP contribution in [-0.2, 0) is 16.0 Å². The minimum Gasteiger partial charge on any atom is -0.381 e. The molecule has 1 aromatic carbocycles. The van der Waals surface area contributed by atoms with Crippen LogP contribution in [0, 0.1) is 5.92 Å². The number of amides is 1. The van der Waals surface area contributed by atoms with E-state index in [-0.39, 0.29) is 11.9 Å². The van der Waals surface area contributed by atoms with Crippen LogP contribution in [-0.4, -0.2) is 43.2 Å². The molecule has 3 aliphatic rings. The Morgan fingerprint density at radius 3 is 2.68 bits per heavy atom. The summed E-state index contributed by atoms with van der Waals surface area (Å²) < 4.78 is 5.42. The van der Waals surface area contributed by atoms with Crippen LogP contribution >= 0.6 is 0 Å². The van der Waals surface area contributed by atoms with E-state index in [2.05, 4.69) is 34.5 Å². The summed E-state index contributed by atoms with van der Waals surface area (Å²) in [7, 11) is 0. The molecule has 2 fully saturated rings. The van der Waals surface area contributed by atoms with Crippen LogP contribution in [0.5, 0.6) is 0 Å². The first-order chi connectivity index (χ1) is 12.3. The zero-order valence-corrected chi connectivity index (χ0v) is 15.1. The van der Waals surface area contributed by atoms with Crippen molar-refractivity contribution in [2.24, 2.45) is 5.92 Å². The van der Waals surface area contributed by atoms with Crippen LogP contribution in [0.3, 0.4) is 0 Å². The van der Waals surface area contributed by atoms with E-state index in [1.165, 1.54) is 37.1 Å². The van der Waals surface area contributed by atoms with E-state index in [0.29, 0.717) is 18.4 Å². The monoisotopic (exact) mass is 342 g/mol. The molecule has 2 aliphatic heterocycles. The van der Waals surface area contributed by atoms with Gasteiger partial charge in [0.1, 0.15) is 0 Å². The number of benzene rings is 1. The highest BCUT2D eigenvalue weighted by Crippen LogP contribution is 2.35. The zero-order valence-electron chi connectivity index (χ0n) is 15.1. The molecular weight excluding hydrogens is 312 g/mol. The van der Waals surface area contributed by atoms with E-state index >= 15 is 0 Å². The minimum absolute atomic E-state index is 0.149. The Morgan fingerprint density at radius 1 is 1.12 bits per heavy atom. The summed E-state index contributed by atoms with van der Waals surface area (Å²) in [6.45, 7) is 3.97. The summed E-state index contributed by atoms with van der Waals surface area (Å²) in [5.74, 6) is 0.704. The van der Waals surface area contributed by atoms with Gasteiger partial charge >= 0.3 is 0 Å². The Balaban J connectivity index is 1.49. The van der Waals surface area contributed by atoms with E-state index in [0.717, 1.165) is 38.9 Å². The predicted molar refractivity (Wildman–Crippen MR) is 98.4 cm³/mol. The number of hydrogen-bond acceptors (Lipinski definition) is 3.